The number of benzene rings is 1. The highest BCUT2D eigenvalue weighted by Crippen LogP contribution is 2.58. The molecular weight excluding hydrogens is 518 g/mol. The quantitative estimate of drug-likeness (QED) is 0.539. The van der Waals surface area contributed by atoms with Crippen LogP contribution in [0, 0.1) is 17.8 Å². The van der Waals surface area contributed by atoms with Crippen molar-refractivity contribution in [3.05, 3.63) is 60.2 Å². The summed E-state index contributed by atoms with van der Waals surface area (Å²) in [4.78, 5) is 49.0. The minimum Gasteiger partial charge on any atom is -0.394 e. The summed E-state index contributed by atoms with van der Waals surface area (Å²) in [7, 11) is 0. The number of nitrogens with zero attached hydrogens (tertiary/aromatic N) is 3. The molecule has 6 rings (SSSR count). The predicted octanol–water partition coefficient (Wildman–Crippen LogP) is 3.30. The number of amides is 3. The van der Waals surface area contributed by atoms with Crippen molar-refractivity contribution in [3.8, 4) is 0 Å². The standard InChI is InChI=1S/C33H43N3O5/c1-22(2)25(21-37)36-28-31(40)35(24-14-8-5-9-15-24)19-11-17-33(28)27(30(36)39)26-29(38)34(18-10-16-32(26,3)41-33)20-23-12-6-4-7-13-23/h4,6-7,10-13,16-17,22,24-28,37H,5,8-9,14-15,18-21H2,1-3H3/t25-,26-,27-,28?,32+,33-/m0/s1. The van der Waals surface area contributed by atoms with Crippen molar-refractivity contribution < 1.29 is 24.2 Å². The Bertz CT molecular complexity index is 1240. The van der Waals surface area contributed by atoms with Crippen molar-refractivity contribution >= 4 is 17.7 Å². The second-order valence-corrected chi connectivity index (χ2v) is 13.0. The van der Waals surface area contributed by atoms with Gasteiger partial charge in [-0.1, -0.05) is 87.7 Å². The van der Waals surface area contributed by atoms with Gasteiger partial charge in [0.25, 0.3) is 0 Å². The van der Waals surface area contributed by atoms with Crippen LogP contribution < -0.4 is 0 Å². The lowest BCUT2D eigenvalue weighted by atomic mass is 9.74. The topological polar surface area (TPSA) is 90.4 Å². The minimum atomic E-state index is -1.30. The zero-order valence-electron chi connectivity index (χ0n) is 24.4. The van der Waals surface area contributed by atoms with Gasteiger partial charge in [0.15, 0.2) is 0 Å². The fourth-order valence-corrected chi connectivity index (χ4v) is 8.17. The number of carbonyl (C=O) groups is 3. The molecule has 1 aromatic rings. The second-order valence-electron chi connectivity index (χ2n) is 13.0. The first kappa shape index (κ1) is 28.2. The van der Waals surface area contributed by atoms with Crippen LogP contribution in [0.4, 0.5) is 0 Å². The Morgan fingerprint density at radius 3 is 2.32 bits per heavy atom. The van der Waals surface area contributed by atoms with Gasteiger partial charge in [0.1, 0.15) is 11.6 Å². The maximum absolute atomic E-state index is 14.6. The van der Waals surface area contributed by atoms with E-state index in [2.05, 4.69) is 0 Å². The number of rotatable bonds is 6. The molecule has 4 heterocycles. The van der Waals surface area contributed by atoms with Crippen molar-refractivity contribution in [1.29, 1.82) is 0 Å². The van der Waals surface area contributed by atoms with Crippen LogP contribution in [-0.4, -0.2) is 86.6 Å². The molecule has 4 aliphatic heterocycles. The highest BCUT2D eigenvalue weighted by Gasteiger charge is 2.75. The van der Waals surface area contributed by atoms with Gasteiger partial charge >= 0.3 is 0 Å². The summed E-state index contributed by atoms with van der Waals surface area (Å²) in [6.07, 6.45) is 13.0. The lowest BCUT2D eigenvalue weighted by Gasteiger charge is -2.43. The second kappa shape index (κ2) is 10.7. The van der Waals surface area contributed by atoms with Crippen LogP contribution in [0.25, 0.3) is 0 Å². The van der Waals surface area contributed by atoms with Crippen molar-refractivity contribution in [2.24, 2.45) is 17.8 Å². The van der Waals surface area contributed by atoms with Crippen LogP contribution in [0.5, 0.6) is 0 Å². The van der Waals surface area contributed by atoms with Crippen molar-refractivity contribution in [1.82, 2.24) is 14.7 Å². The van der Waals surface area contributed by atoms with Gasteiger partial charge in [-0.2, -0.15) is 0 Å². The summed E-state index contributed by atoms with van der Waals surface area (Å²) < 4.78 is 6.97. The van der Waals surface area contributed by atoms with Gasteiger partial charge in [0.05, 0.1) is 30.1 Å². The van der Waals surface area contributed by atoms with E-state index in [9.17, 15) is 19.5 Å². The number of hydrogen-bond donors (Lipinski definition) is 1. The Labute approximate surface area is 243 Å². The van der Waals surface area contributed by atoms with Gasteiger partial charge in [-0.15, -0.1) is 0 Å². The van der Waals surface area contributed by atoms with E-state index in [4.69, 9.17) is 4.74 Å². The van der Waals surface area contributed by atoms with Crippen LogP contribution in [0.3, 0.4) is 0 Å². The van der Waals surface area contributed by atoms with E-state index in [0.717, 1.165) is 31.2 Å². The molecule has 8 nitrogen and oxygen atoms in total. The summed E-state index contributed by atoms with van der Waals surface area (Å²) in [5, 5.41) is 10.5. The van der Waals surface area contributed by atoms with E-state index >= 15 is 0 Å². The summed E-state index contributed by atoms with van der Waals surface area (Å²) >= 11 is 0. The minimum absolute atomic E-state index is 0.0892. The molecule has 3 amide bonds. The zero-order valence-corrected chi connectivity index (χ0v) is 24.4. The first-order chi connectivity index (χ1) is 19.7. The van der Waals surface area contributed by atoms with Crippen LogP contribution >= 0.6 is 0 Å². The van der Waals surface area contributed by atoms with E-state index in [1.54, 1.807) is 9.80 Å². The third-order valence-corrected chi connectivity index (χ3v) is 10.2. The first-order valence-corrected chi connectivity index (χ1v) is 15.3. The van der Waals surface area contributed by atoms with E-state index in [1.807, 2.05) is 80.3 Å². The summed E-state index contributed by atoms with van der Waals surface area (Å²) in [6, 6.07) is 8.45. The maximum atomic E-state index is 14.6. The average Bonchev–Trinajstić information content (AvgIpc) is 3.23. The normalized spacial score (nSPS) is 34.5. The number of fused-ring (bicyclic) bond motifs is 2. The zero-order chi connectivity index (χ0) is 28.9. The first-order valence-electron chi connectivity index (χ1n) is 15.3. The molecule has 1 N–H and O–H groups in total. The van der Waals surface area contributed by atoms with Gasteiger partial charge < -0.3 is 24.5 Å². The summed E-state index contributed by atoms with van der Waals surface area (Å²) in [5.41, 5.74) is -1.34. The molecule has 0 bridgehead atoms. The van der Waals surface area contributed by atoms with E-state index < -0.39 is 35.1 Å². The van der Waals surface area contributed by atoms with Crippen molar-refractivity contribution in [3.63, 3.8) is 0 Å². The molecule has 3 fully saturated rings. The number of ether oxygens (including phenoxy) is 1. The fourth-order valence-electron chi connectivity index (χ4n) is 8.17. The molecule has 1 aromatic carbocycles. The van der Waals surface area contributed by atoms with E-state index in [1.165, 1.54) is 6.42 Å². The molecule has 0 aromatic heterocycles. The van der Waals surface area contributed by atoms with Gasteiger partial charge in [0.2, 0.25) is 17.7 Å². The number of carbonyl (C=O) groups excluding carboxylic acids is 3. The van der Waals surface area contributed by atoms with Gasteiger partial charge in [0, 0.05) is 25.7 Å². The molecule has 41 heavy (non-hydrogen) atoms. The SMILES string of the molecule is CC(C)[C@H](CO)N1C(=O)[C@@H]2[C@H]3C(=O)N(Cc4ccccc4)CC=C[C@@]3(C)O[C@@]23C=CCN(C2CCCCC2)C(=O)C13. The van der Waals surface area contributed by atoms with Gasteiger partial charge in [-0.05, 0) is 31.2 Å². The fraction of sp³-hybridized carbons (Fsp3) is 0.606. The average molecular weight is 562 g/mol. The molecule has 1 aliphatic carbocycles. The Morgan fingerprint density at radius 2 is 1.63 bits per heavy atom. The smallest absolute Gasteiger partial charge is 0.249 e. The molecule has 1 saturated carbocycles. The van der Waals surface area contributed by atoms with Gasteiger partial charge in [-0.25, -0.2) is 0 Å². The largest absolute Gasteiger partial charge is 0.394 e. The Kier molecular flexibility index (Phi) is 7.35. The summed E-state index contributed by atoms with van der Waals surface area (Å²) in [6.45, 7) is 6.82. The molecular formula is C33H43N3O5. The van der Waals surface area contributed by atoms with E-state index in [0.29, 0.717) is 19.6 Å². The van der Waals surface area contributed by atoms with Crippen molar-refractivity contribution in [2.45, 2.75) is 88.7 Å². The maximum Gasteiger partial charge on any atom is 0.249 e. The third kappa shape index (κ3) is 4.45. The monoisotopic (exact) mass is 561 g/mol. The number of aliphatic hydroxyl groups excluding tert-OH is 1. The molecule has 1 unspecified atom stereocenters. The number of hydrogen-bond acceptors (Lipinski definition) is 5. The number of aliphatic hydroxyl groups is 1. The third-order valence-electron chi connectivity index (χ3n) is 10.2. The molecule has 6 atom stereocenters. The lowest BCUT2D eigenvalue weighted by Crippen LogP contribution is -2.60. The molecule has 2 saturated heterocycles. The van der Waals surface area contributed by atoms with Crippen LogP contribution in [0.15, 0.2) is 54.6 Å². The number of likely N-dealkylation sites (tertiary alicyclic amines) is 1. The molecule has 8 heteroatoms. The Morgan fingerprint density at radius 1 is 0.927 bits per heavy atom. The van der Waals surface area contributed by atoms with Crippen LogP contribution in [-0.2, 0) is 25.7 Å². The summed E-state index contributed by atoms with van der Waals surface area (Å²) in [5.74, 6) is -2.30. The Balaban J connectivity index is 1.44. The molecule has 0 radical (unpaired) electrons. The molecule has 5 aliphatic rings. The highest BCUT2D eigenvalue weighted by molar-refractivity contribution is 6.00. The van der Waals surface area contributed by atoms with Crippen LogP contribution in [0.2, 0.25) is 0 Å². The van der Waals surface area contributed by atoms with E-state index in [-0.39, 0.29) is 36.3 Å². The molecule has 1 spiro atoms. The lowest BCUT2D eigenvalue weighted by molar-refractivity contribution is -0.158. The molecule has 220 valence electrons. The Hall–Kier alpha value is -2.97. The van der Waals surface area contributed by atoms with Gasteiger partial charge in [-0.3, -0.25) is 14.4 Å². The predicted molar refractivity (Wildman–Crippen MR) is 154 cm³/mol. The van der Waals surface area contributed by atoms with Crippen molar-refractivity contribution in [2.75, 3.05) is 19.7 Å². The highest BCUT2D eigenvalue weighted by atomic mass is 16.5. The van der Waals surface area contributed by atoms with Crippen LogP contribution in [0.1, 0.15) is 58.4 Å².